The van der Waals surface area contributed by atoms with Crippen molar-refractivity contribution in [2.75, 3.05) is 26.8 Å². The zero-order valence-electron chi connectivity index (χ0n) is 11.3. The Morgan fingerprint density at radius 2 is 2.17 bits per heavy atom. The maximum absolute atomic E-state index is 7.29. The summed E-state index contributed by atoms with van der Waals surface area (Å²) in [6.45, 7) is 7.21. The van der Waals surface area contributed by atoms with Gasteiger partial charge in [0.25, 0.3) is 0 Å². The van der Waals surface area contributed by atoms with Crippen LogP contribution < -0.4 is 5.73 Å². The number of methoxy groups -OCH3 is 1. The number of hydrogen-bond acceptors (Lipinski definition) is 5. The molecule has 0 bridgehead atoms. The molecule has 6 heteroatoms. The fourth-order valence-corrected chi connectivity index (χ4v) is 2.54. The first-order valence-electron chi connectivity index (χ1n) is 6.00. The summed E-state index contributed by atoms with van der Waals surface area (Å²) in [5.41, 5.74) is 6.51. The summed E-state index contributed by atoms with van der Waals surface area (Å²) in [7, 11) is 1.70. The van der Waals surface area contributed by atoms with E-state index in [0.717, 1.165) is 30.3 Å². The number of aryl methyl sites for hydroxylation is 2. The van der Waals surface area contributed by atoms with Crippen molar-refractivity contribution in [1.82, 2.24) is 9.88 Å². The van der Waals surface area contributed by atoms with Crippen LogP contribution in [0.1, 0.15) is 22.0 Å². The number of thiazole rings is 1. The Labute approximate surface area is 112 Å². The van der Waals surface area contributed by atoms with Gasteiger partial charge in [0.1, 0.15) is 5.01 Å². The quantitative estimate of drug-likeness (QED) is 0.555. The Morgan fingerprint density at radius 1 is 1.44 bits per heavy atom. The van der Waals surface area contributed by atoms with E-state index >= 15 is 0 Å². The van der Waals surface area contributed by atoms with Crippen molar-refractivity contribution >= 4 is 17.2 Å². The van der Waals surface area contributed by atoms with Gasteiger partial charge in [-0.2, -0.15) is 0 Å². The monoisotopic (exact) mass is 270 g/mol. The summed E-state index contributed by atoms with van der Waals surface area (Å²) in [6, 6.07) is 0. The molecule has 1 heterocycles. The minimum atomic E-state index is 0.226. The van der Waals surface area contributed by atoms with Crippen molar-refractivity contribution in [2.24, 2.45) is 5.73 Å². The lowest BCUT2D eigenvalue weighted by Crippen LogP contribution is -2.30. The van der Waals surface area contributed by atoms with Gasteiger partial charge in [0, 0.05) is 31.5 Å². The van der Waals surface area contributed by atoms with Gasteiger partial charge in [-0.15, -0.1) is 11.3 Å². The van der Waals surface area contributed by atoms with E-state index in [9.17, 15) is 0 Å². The molecule has 0 amide bonds. The van der Waals surface area contributed by atoms with Crippen LogP contribution in [0.5, 0.6) is 0 Å². The highest BCUT2D eigenvalue weighted by Gasteiger charge is 2.10. The fourth-order valence-electron chi connectivity index (χ4n) is 1.57. The number of nitrogens with zero attached hydrogens (tertiary/aromatic N) is 2. The minimum Gasteiger partial charge on any atom is -0.388 e. The summed E-state index contributed by atoms with van der Waals surface area (Å²) < 4.78 is 5.10. The smallest absolute Gasteiger partial charge is 0.107 e. The standard InChI is InChI=1S/C12H22N4OS/c1-9-10(2)18-12(15-9)8-16(6-7-17-3)5-4-11(13)14/h4-8H2,1-3H3,(H3,13,14). The Balaban J connectivity index is 2.56. The molecular formula is C12H22N4OS. The van der Waals surface area contributed by atoms with E-state index in [4.69, 9.17) is 15.9 Å². The Kier molecular flexibility index (Phi) is 6.24. The number of amidine groups is 1. The van der Waals surface area contributed by atoms with Crippen LogP contribution in [0.4, 0.5) is 0 Å². The predicted octanol–water partition coefficient (Wildman–Crippen LogP) is 1.53. The van der Waals surface area contributed by atoms with Gasteiger partial charge in [-0.1, -0.05) is 0 Å². The lowest BCUT2D eigenvalue weighted by molar-refractivity contribution is 0.145. The molecule has 102 valence electrons. The van der Waals surface area contributed by atoms with Gasteiger partial charge in [0.05, 0.1) is 24.7 Å². The molecule has 5 nitrogen and oxygen atoms in total. The number of rotatable bonds is 8. The molecular weight excluding hydrogens is 248 g/mol. The van der Waals surface area contributed by atoms with E-state index in [1.807, 2.05) is 6.92 Å². The van der Waals surface area contributed by atoms with Crippen LogP contribution in [0.2, 0.25) is 0 Å². The van der Waals surface area contributed by atoms with Gasteiger partial charge in [-0.05, 0) is 13.8 Å². The molecule has 1 aromatic rings. The first kappa shape index (κ1) is 15.1. The third-order valence-electron chi connectivity index (χ3n) is 2.74. The molecule has 0 saturated carbocycles. The van der Waals surface area contributed by atoms with Crippen LogP contribution in [0.25, 0.3) is 0 Å². The Morgan fingerprint density at radius 3 is 2.67 bits per heavy atom. The number of nitrogens with two attached hydrogens (primary N) is 1. The molecule has 1 rings (SSSR count). The van der Waals surface area contributed by atoms with E-state index in [1.54, 1.807) is 18.4 Å². The van der Waals surface area contributed by atoms with Crippen molar-refractivity contribution in [3.8, 4) is 0 Å². The molecule has 0 spiro atoms. The molecule has 18 heavy (non-hydrogen) atoms. The van der Waals surface area contributed by atoms with Crippen LogP contribution in [-0.2, 0) is 11.3 Å². The molecule has 0 saturated heterocycles. The number of nitrogens with one attached hydrogen (secondary N) is 1. The van der Waals surface area contributed by atoms with Gasteiger partial charge in [0.15, 0.2) is 0 Å². The van der Waals surface area contributed by atoms with Crippen molar-refractivity contribution in [1.29, 1.82) is 5.41 Å². The molecule has 0 unspecified atom stereocenters. The van der Waals surface area contributed by atoms with Gasteiger partial charge >= 0.3 is 0 Å². The first-order valence-corrected chi connectivity index (χ1v) is 6.81. The van der Waals surface area contributed by atoms with Crippen LogP contribution in [0.15, 0.2) is 0 Å². The minimum absolute atomic E-state index is 0.226. The summed E-state index contributed by atoms with van der Waals surface area (Å²) >= 11 is 1.73. The zero-order chi connectivity index (χ0) is 13.5. The number of ether oxygens (including phenoxy) is 1. The largest absolute Gasteiger partial charge is 0.388 e. The molecule has 0 radical (unpaired) electrons. The predicted molar refractivity (Wildman–Crippen MR) is 75.3 cm³/mol. The zero-order valence-corrected chi connectivity index (χ0v) is 12.1. The lowest BCUT2D eigenvalue weighted by atomic mass is 10.3. The van der Waals surface area contributed by atoms with Crippen LogP contribution >= 0.6 is 11.3 Å². The highest BCUT2D eigenvalue weighted by Crippen LogP contribution is 2.18. The average molecular weight is 270 g/mol. The van der Waals surface area contributed by atoms with Crippen molar-refractivity contribution in [2.45, 2.75) is 26.8 Å². The van der Waals surface area contributed by atoms with Gasteiger partial charge in [0.2, 0.25) is 0 Å². The van der Waals surface area contributed by atoms with Gasteiger partial charge < -0.3 is 10.5 Å². The molecule has 0 fully saturated rings. The Hall–Kier alpha value is -0.980. The Bertz CT molecular complexity index is 372. The maximum atomic E-state index is 7.29. The molecule has 0 aliphatic rings. The van der Waals surface area contributed by atoms with Gasteiger partial charge in [-0.3, -0.25) is 10.3 Å². The van der Waals surface area contributed by atoms with Crippen LogP contribution in [0, 0.1) is 19.3 Å². The van der Waals surface area contributed by atoms with Gasteiger partial charge in [-0.25, -0.2) is 4.98 Å². The summed E-state index contributed by atoms with van der Waals surface area (Å²) in [5.74, 6) is 0.226. The first-order chi connectivity index (χ1) is 8.52. The number of aromatic nitrogens is 1. The maximum Gasteiger partial charge on any atom is 0.107 e. The van der Waals surface area contributed by atoms with E-state index < -0.39 is 0 Å². The van der Waals surface area contributed by atoms with E-state index in [1.165, 1.54) is 4.88 Å². The van der Waals surface area contributed by atoms with E-state index in [-0.39, 0.29) is 5.84 Å². The number of hydrogen-bond donors (Lipinski definition) is 2. The van der Waals surface area contributed by atoms with Crippen molar-refractivity contribution in [3.05, 3.63) is 15.6 Å². The van der Waals surface area contributed by atoms with E-state index in [2.05, 4.69) is 16.8 Å². The molecule has 0 aliphatic carbocycles. The second-order valence-electron chi connectivity index (χ2n) is 4.29. The lowest BCUT2D eigenvalue weighted by Gasteiger charge is -2.20. The molecule has 0 atom stereocenters. The highest BCUT2D eigenvalue weighted by atomic mass is 32.1. The summed E-state index contributed by atoms with van der Waals surface area (Å²) in [5, 5.41) is 8.40. The second-order valence-corrected chi connectivity index (χ2v) is 5.58. The van der Waals surface area contributed by atoms with E-state index in [0.29, 0.717) is 13.0 Å². The normalized spacial score (nSPS) is 11.1. The highest BCUT2D eigenvalue weighted by molar-refractivity contribution is 7.11. The summed E-state index contributed by atoms with van der Waals surface area (Å²) in [6.07, 6.45) is 0.590. The molecule has 1 aromatic heterocycles. The fraction of sp³-hybridized carbons (Fsp3) is 0.667. The van der Waals surface area contributed by atoms with Crippen LogP contribution in [-0.4, -0.2) is 42.5 Å². The van der Waals surface area contributed by atoms with Crippen LogP contribution in [0.3, 0.4) is 0 Å². The average Bonchev–Trinajstić information content (AvgIpc) is 2.61. The third kappa shape index (κ3) is 5.12. The van der Waals surface area contributed by atoms with Crippen molar-refractivity contribution < 1.29 is 4.74 Å². The second kappa shape index (κ2) is 7.45. The summed E-state index contributed by atoms with van der Waals surface area (Å²) in [4.78, 5) is 8.03. The molecule has 0 aromatic carbocycles. The topological polar surface area (TPSA) is 75.2 Å². The molecule has 0 aliphatic heterocycles. The third-order valence-corrected chi connectivity index (χ3v) is 3.80. The molecule has 3 N–H and O–H groups in total. The SMILES string of the molecule is COCCN(CCC(=N)N)Cc1nc(C)c(C)s1. The van der Waals surface area contributed by atoms with Crippen molar-refractivity contribution in [3.63, 3.8) is 0 Å².